The van der Waals surface area contributed by atoms with Crippen LogP contribution in [-0.4, -0.2) is 37.6 Å². The Morgan fingerprint density at radius 3 is 2.95 bits per heavy atom. The van der Waals surface area contributed by atoms with Gasteiger partial charge in [-0.15, -0.1) is 0 Å². The van der Waals surface area contributed by atoms with Gasteiger partial charge in [-0.3, -0.25) is 4.79 Å². The first-order valence-electron chi connectivity index (χ1n) is 6.62. The number of hydrogen-bond donors (Lipinski definition) is 0. The lowest BCUT2D eigenvalue weighted by Gasteiger charge is -2.16. The molecular weight excluding hydrogens is 245 g/mol. The fourth-order valence-corrected chi connectivity index (χ4v) is 2.50. The summed E-state index contributed by atoms with van der Waals surface area (Å²) in [6, 6.07) is 5.32. The Balaban J connectivity index is 1.93. The number of carbonyl (C=O) groups excluding carboxylic acids is 1. The van der Waals surface area contributed by atoms with Crippen molar-refractivity contribution in [1.29, 1.82) is 0 Å². The second-order valence-corrected chi connectivity index (χ2v) is 5.19. The third-order valence-electron chi connectivity index (χ3n) is 3.62. The molecule has 104 valence electrons. The fourth-order valence-electron chi connectivity index (χ4n) is 2.50. The van der Waals surface area contributed by atoms with Gasteiger partial charge in [0.05, 0.1) is 6.61 Å². The summed E-state index contributed by atoms with van der Waals surface area (Å²) in [6.07, 6.45) is 1.31. The van der Waals surface area contributed by atoms with Crippen molar-refractivity contribution in [3.05, 3.63) is 35.1 Å². The van der Waals surface area contributed by atoms with Crippen LogP contribution in [0.5, 0.6) is 0 Å². The zero-order valence-electron chi connectivity index (χ0n) is 11.5. The van der Waals surface area contributed by atoms with Crippen LogP contribution in [0.4, 0.5) is 4.39 Å². The van der Waals surface area contributed by atoms with Crippen molar-refractivity contribution >= 4 is 5.91 Å². The molecule has 1 fully saturated rings. The van der Waals surface area contributed by atoms with Gasteiger partial charge < -0.3 is 9.64 Å². The Morgan fingerprint density at radius 1 is 1.47 bits per heavy atom. The normalized spacial score (nSPS) is 19.2. The maximum atomic E-state index is 13.5. The molecule has 19 heavy (non-hydrogen) atoms. The summed E-state index contributed by atoms with van der Waals surface area (Å²) in [6.45, 7) is 3.72. The Hall–Kier alpha value is -1.42. The van der Waals surface area contributed by atoms with E-state index in [0.29, 0.717) is 25.1 Å². The van der Waals surface area contributed by atoms with Gasteiger partial charge in [-0.1, -0.05) is 12.1 Å². The molecule has 0 bridgehead atoms. The van der Waals surface area contributed by atoms with E-state index in [9.17, 15) is 9.18 Å². The number of nitrogens with zero attached hydrogens (tertiary/aromatic N) is 1. The molecule has 2 rings (SSSR count). The van der Waals surface area contributed by atoms with Crippen LogP contribution < -0.4 is 0 Å². The minimum atomic E-state index is -0.168. The highest BCUT2D eigenvalue weighted by Crippen LogP contribution is 2.22. The fraction of sp³-hybridized carbons (Fsp3) is 0.533. The topological polar surface area (TPSA) is 29.5 Å². The van der Waals surface area contributed by atoms with Crippen LogP contribution in [0.1, 0.15) is 17.5 Å². The summed E-state index contributed by atoms with van der Waals surface area (Å²) in [7, 11) is 1.63. The number of rotatable bonds is 5. The summed E-state index contributed by atoms with van der Waals surface area (Å²) in [4.78, 5) is 13.6. The Bertz CT molecular complexity index is 461. The van der Waals surface area contributed by atoms with E-state index in [1.807, 2.05) is 11.0 Å². The van der Waals surface area contributed by atoms with Crippen LogP contribution >= 0.6 is 0 Å². The first kappa shape index (κ1) is 14.0. The Morgan fingerprint density at radius 2 is 2.26 bits per heavy atom. The van der Waals surface area contributed by atoms with Gasteiger partial charge in [0.25, 0.3) is 0 Å². The highest BCUT2D eigenvalue weighted by molar-refractivity contribution is 5.78. The molecule has 1 aliphatic rings. The molecule has 0 radical (unpaired) electrons. The molecule has 0 saturated carbocycles. The number of methoxy groups -OCH3 is 1. The van der Waals surface area contributed by atoms with Gasteiger partial charge in [-0.2, -0.15) is 0 Å². The largest absolute Gasteiger partial charge is 0.383 e. The molecule has 1 amide bonds. The number of aryl methyl sites for hydroxylation is 1. The molecule has 1 saturated heterocycles. The molecule has 0 N–H and O–H groups in total. The number of amides is 1. The second-order valence-electron chi connectivity index (χ2n) is 5.19. The van der Waals surface area contributed by atoms with Gasteiger partial charge >= 0.3 is 0 Å². The van der Waals surface area contributed by atoms with E-state index in [0.717, 1.165) is 18.5 Å². The molecule has 0 aromatic heterocycles. The average molecular weight is 265 g/mol. The minimum absolute atomic E-state index is 0.168. The van der Waals surface area contributed by atoms with Crippen molar-refractivity contribution in [1.82, 2.24) is 4.90 Å². The highest BCUT2D eigenvalue weighted by atomic mass is 19.1. The molecule has 0 aliphatic carbocycles. The summed E-state index contributed by atoms with van der Waals surface area (Å²) in [5.74, 6) is 0.291. The van der Waals surface area contributed by atoms with Gasteiger partial charge in [0.2, 0.25) is 5.91 Å². The number of hydrogen-bond acceptors (Lipinski definition) is 2. The number of ether oxygens (including phenoxy) is 1. The molecule has 0 unspecified atom stereocenters. The number of benzene rings is 1. The van der Waals surface area contributed by atoms with Crippen LogP contribution in [0.3, 0.4) is 0 Å². The maximum Gasteiger partial charge on any atom is 0.223 e. The van der Waals surface area contributed by atoms with E-state index in [1.54, 1.807) is 26.2 Å². The molecule has 4 heteroatoms. The standard InChI is InChI=1S/C15H20FNO2/c1-11-3-4-12(8-14(11)16)7-13-9-15(18)17(10-13)5-6-19-2/h3-4,8,13H,5-7,9-10H2,1-2H3/t13-/m0/s1. The van der Waals surface area contributed by atoms with Crippen LogP contribution in [-0.2, 0) is 16.0 Å². The molecule has 0 spiro atoms. The molecule has 1 aromatic rings. The van der Waals surface area contributed by atoms with Crippen molar-refractivity contribution < 1.29 is 13.9 Å². The monoisotopic (exact) mass is 265 g/mol. The third kappa shape index (κ3) is 3.53. The van der Waals surface area contributed by atoms with Crippen LogP contribution in [0.2, 0.25) is 0 Å². The second kappa shape index (κ2) is 6.15. The van der Waals surface area contributed by atoms with E-state index >= 15 is 0 Å². The van der Waals surface area contributed by atoms with Gasteiger partial charge in [0, 0.05) is 26.6 Å². The molecular formula is C15H20FNO2. The summed E-state index contributed by atoms with van der Waals surface area (Å²) >= 11 is 0. The van der Waals surface area contributed by atoms with Crippen molar-refractivity contribution in [3.8, 4) is 0 Å². The lowest BCUT2D eigenvalue weighted by molar-refractivity contribution is -0.128. The van der Waals surface area contributed by atoms with Gasteiger partial charge in [-0.05, 0) is 36.5 Å². The van der Waals surface area contributed by atoms with Crippen molar-refractivity contribution in [2.24, 2.45) is 5.92 Å². The van der Waals surface area contributed by atoms with E-state index in [-0.39, 0.29) is 17.6 Å². The maximum absolute atomic E-state index is 13.5. The van der Waals surface area contributed by atoms with Gasteiger partial charge in [0.1, 0.15) is 5.82 Å². The van der Waals surface area contributed by atoms with Crippen molar-refractivity contribution in [2.45, 2.75) is 19.8 Å². The van der Waals surface area contributed by atoms with Crippen molar-refractivity contribution in [3.63, 3.8) is 0 Å². The number of carbonyl (C=O) groups is 1. The Kier molecular flexibility index (Phi) is 4.53. The lowest BCUT2D eigenvalue weighted by Crippen LogP contribution is -2.28. The third-order valence-corrected chi connectivity index (χ3v) is 3.62. The summed E-state index contributed by atoms with van der Waals surface area (Å²) < 4.78 is 18.5. The van der Waals surface area contributed by atoms with Gasteiger partial charge in [-0.25, -0.2) is 4.39 Å². The van der Waals surface area contributed by atoms with E-state index in [1.165, 1.54) is 0 Å². The quantitative estimate of drug-likeness (QED) is 0.816. The molecule has 1 atom stereocenters. The SMILES string of the molecule is COCCN1C[C@@H](Cc2ccc(C)c(F)c2)CC1=O. The van der Waals surface area contributed by atoms with Crippen LogP contribution in [0.25, 0.3) is 0 Å². The average Bonchev–Trinajstić information content (AvgIpc) is 2.72. The van der Waals surface area contributed by atoms with Crippen LogP contribution in [0, 0.1) is 18.7 Å². The smallest absolute Gasteiger partial charge is 0.223 e. The Labute approximate surface area is 113 Å². The van der Waals surface area contributed by atoms with Crippen molar-refractivity contribution in [2.75, 3.05) is 26.8 Å². The molecule has 1 heterocycles. The minimum Gasteiger partial charge on any atom is -0.383 e. The van der Waals surface area contributed by atoms with Gasteiger partial charge in [0.15, 0.2) is 0 Å². The first-order chi connectivity index (χ1) is 9.10. The van der Waals surface area contributed by atoms with E-state index in [2.05, 4.69) is 0 Å². The summed E-state index contributed by atoms with van der Waals surface area (Å²) in [5, 5.41) is 0. The molecule has 3 nitrogen and oxygen atoms in total. The first-order valence-corrected chi connectivity index (χ1v) is 6.62. The number of halogens is 1. The summed E-state index contributed by atoms with van der Waals surface area (Å²) in [5.41, 5.74) is 1.63. The highest BCUT2D eigenvalue weighted by Gasteiger charge is 2.29. The van der Waals surface area contributed by atoms with E-state index in [4.69, 9.17) is 4.74 Å². The predicted octanol–water partition coefficient (Wildman–Crippen LogP) is 2.17. The number of likely N-dealkylation sites (tertiary alicyclic amines) is 1. The molecule has 1 aliphatic heterocycles. The van der Waals surface area contributed by atoms with Crippen LogP contribution in [0.15, 0.2) is 18.2 Å². The molecule has 1 aromatic carbocycles. The lowest BCUT2D eigenvalue weighted by atomic mass is 9.98. The zero-order valence-corrected chi connectivity index (χ0v) is 11.5. The van der Waals surface area contributed by atoms with E-state index < -0.39 is 0 Å². The predicted molar refractivity (Wildman–Crippen MR) is 71.4 cm³/mol. The zero-order chi connectivity index (χ0) is 13.8.